The van der Waals surface area contributed by atoms with Gasteiger partial charge in [0.1, 0.15) is 11.4 Å². The van der Waals surface area contributed by atoms with Crippen molar-refractivity contribution in [3.05, 3.63) is 35.1 Å². The number of ether oxygens (including phenoxy) is 1. The average molecular weight is 466 g/mol. The minimum absolute atomic E-state index is 0.181. The molecule has 1 atom stereocenters. The molecule has 3 rings (SSSR count). The van der Waals surface area contributed by atoms with E-state index in [1.165, 1.54) is 11.0 Å². The maximum absolute atomic E-state index is 13.6. The predicted octanol–water partition coefficient (Wildman–Crippen LogP) is 4.69. The Kier molecular flexibility index (Phi) is 6.10. The second kappa shape index (κ2) is 7.94. The van der Waals surface area contributed by atoms with Gasteiger partial charge < -0.3 is 9.64 Å². The second-order valence-electron chi connectivity index (χ2n) is 9.50. The molecule has 0 N–H and O–H groups in total. The zero-order chi connectivity index (χ0) is 23.2. The molecule has 1 saturated heterocycles. The summed E-state index contributed by atoms with van der Waals surface area (Å²) in [4.78, 5) is 13.8. The van der Waals surface area contributed by atoms with Gasteiger partial charge in [-0.15, -0.1) is 0 Å². The van der Waals surface area contributed by atoms with Gasteiger partial charge in [-0.25, -0.2) is 17.6 Å². The Balaban J connectivity index is 1.74. The topological polar surface area (TPSA) is 63.7 Å². The normalized spacial score (nSPS) is 21.3. The van der Waals surface area contributed by atoms with E-state index in [0.29, 0.717) is 32.2 Å². The van der Waals surface area contributed by atoms with Gasteiger partial charge in [0.2, 0.25) is 0 Å². The first-order chi connectivity index (χ1) is 14.1. The largest absolute Gasteiger partial charge is 0.444 e. The van der Waals surface area contributed by atoms with E-state index in [4.69, 9.17) is 4.74 Å². The van der Waals surface area contributed by atoms with Crippen molar-refractivity contribution in [2.45, 2.75) is 69.7 Å². The average Bonchev–Trinajstić information content (AvgIpc) is 3.20. The Morgan fingerprint density at radius 1 is 1.23 bits per heavy atom. The molecule has 31 heavy (non-hydrogen) atoms. The van der Waals surface area contributed by atoms with E-state index in [0.717, 1.165) is 12.1 Å². The lowest BCUT2D eigenvalue weighted by atomic mass is 9.96. The van der Waals surface area contributed by atoms with Gasteiger partial charge in [-0.2, -0.15) is 13.2 Å². The SMILES string of the molecule is CC(C)(C)OC(=O)N1CCCC1CS(=O)(=O)CC1(c2ccc(F)c(C(F)(F)F)c2)CC1. The van der Waals surface area contributed by atoms with Gasteiger partial charge in [0.05, 0.1) is 17.1 Å². The van der Waals surface area contributed by atoms with Crippen molar-refractivity contribution in [2.75, 3.05) is 18.1 Å². The van der Waals surface area contributed by atoms with Crippen molar-refractivity contribution in [3.63, 3.8) is 0 Å². The third-order valence-corrected chi connectivity index (χ3v) is 7.57. The van der Waals surface area contributed by atoms with Crippen LogP contribution in [-0.2, 0) is 26.2 Å². The maximum atomic E-state index is 13.6. The Morgan fingerprint density at radius 2 is 1.87 bits per heavy atom. The van der Waals surface area contributed by atoms with Gasteiger partial charge in [-0.1, -0.05) is 6.07 Å². The molecule has 1 aromatic rings. The number of alkyl halides is 3. The highest BCUT2D eigenvalue weighted by molar-refractivity contribution is 7.91. The number of nitrogens with zero attached hydrogens (tertiary/aromatic N) is 1. The highest BCUT2D eigenvalue weighted by Gasteiger charge is 2.49. The van der Waals surface area contributed by atoms with Gasteiger partial charge in [-0.05, 0) is 64.2 Å². The van der Waals surface area contributed by atoms with Gasteiger partial charge in [-0.3, -0.25) is 0 Å². The van der Waals surface area contributed by atoms with Crippen molar-refractivity contribution in [2.24, 2.45) is 0 Å². The Morgan fingerprint density at radius 3 is 2.42 bits per heavy atom. The molecule has 10 heteroatoms. The van der Waals surface area contributed by atoms with Crippen LogP contribution in [0.2, 0.25) is 0 Å². The summed E-state index contributed by atoms with van der Waals surface area (Å²) in [5.41, 5.74) is -2.86. The predicted molar refractivity (Wildman–Crippen MR) is 107 cm³/mol. The highest BCUT2D eigenvalue weighted by Crippen LogP contribution is 2.50. The number of carbonyl (C=O) groups excluding carboxylic acids is 1. The van der Waals surface area contributed by atoms with Crippen molar-refractivity contribution in [1.29, 1.82) is 0 Å². The minimum atomic E-state index is -4.85. The van der Waals surface area contributed by atoms with E-state index < -0.39 is 50.5 Å². The van der Waals surface area contributed by atoms with Gasteiger partial charge in [0, 0.05) is 18.0 Å². The number of amides is 1. The van der Waals surface area contributed by atoms with Crippen LogP contribution >= 0.6 is 0 Å². The molecule has 0 radical (unpaired) electrons. The van der Waals surface area contributed by atoms with Gasteiger partial charge in [0.25, 0.3) is 0 Å². The highest BCUT2D eigenvalue weighted by atomic mass is 32.2. The molecule has 1 aromatic carbocycles. The van der Waals surface area contributed by atoms with Crippen molar-refractivity contribution >= 4 is 15.9 Å². The monoisotopic (exact) mass is 465 g/mol. The summed E-state index contributed by atoms with van der Waals surface area (Å²) in [7, 11) is -3.70. The third kappa shape index (κ3) is 5.70. The molecule has 5 nitrogen and oxygen atoms in total. The molecule has 1 heterocycles. The summed E-state index contributed by atoms with van der Waals surface area (Å²) < 4.78 is 84.1. The zero-order valence-electron chi connectivity index (χ0n) is 17.8. The molecule has 1 saturated carbocycles. The fraction of sp³-hybridized carbons (Fsp3) is 0.667. The van der Waals surface area contributed by atoms with Crippen LogP contribution in [0.1, 0.15) is 57.6 Å². The fourth-order valence-corrected chi connectivity index (χ4v) is 6.43. The van der Waals surface area contributed by atoms with Crippen LogP contribution in [0, 0.1) is 5.82 Å². The van der Waals surface area contributed by atoms with E-state index in [1.807, 2.05) is 0 Å². The number of benzene rings is 1. The summed E-state index contributed by atoms with van der Waals surface area (Å²) >= 11 is 0. The lowest BCUT2D eigenvalue weighted by molar-refractivity contribution is -0.140. The molecule has 1 unspecified atom stereocenters. The molecular weight excluding hydrogens is 438 g/mol. The summed E-state index contributed by atoms with van der Waals surface area (Å²) in [6.07, 6.45) is -3.44. The number of carbonyl (C=O) groups is 1. The smallest absolute Gasteiger partial charge is 0.419 e. The summed E-state index contributed by atoms with van der Waals surface area (Å²) in [5, 5.41) is 0. The summed E-state index contributed by atoms with van der Waals surface area (Å²) in [5.74, 6) is -1.99. The first-order valence-electron chi connectivity index (χ1n) is 10.2. The number of rotatable bonds is 5. The van der Waals surface area contributed by atoms with Crippen LogP contribution in [0.5, 0.6) is 0 Å². The van der Waals surface area contributed by atoms with Gasteiger partial charge >= 0.3 is 12.3 Å². The van der Waals surface area contributed by atoms with Crippen LogP contribution in [-0.4, -0.2) is 49.1 Å². The molecule has 1 aliphatic carbocycles. The van der Waals surface area contributed by atoms with Crippen LogP contribution in [0.3, 0.4) is 0 Å². The maximum Gasteiger partial charge on any atom is 0.419 e. The number of likely N-dealkylation sites (tertiary alicyclic amines) is 1. The molecule has 0 aromatic heterocycles. The van der Waals surface area contributed by atoms with Crippen LogP contribution < -0.4 is 0 Å². The number of hydrogen-bond donors (Lipinski definition) is 0. The van der Waals surface area contributed by atoms with E-state index >= 15 is 0 Å². The van der Waals surface area contributed by atoms with E-state index in [-0.39, 0.29) is 17.1 Å². The second-order valence-corrected chi connectivity index (χ2v) is 11.6. The van der Waals surface area contributed by atoms with Crippen molar-refractivity contribution in [1.82, 2.24) is 4.90 Å². The molecule has 1 amide bonds. The molecule has 174 valence electrons. The lowest BCUT2D eigenvalue weighted by Crippen LogP contribution is -2.43. The van der Waals surface area contributed by atoms with Crippen molar-refractivity contribution in [3.8, 4) is 0 Å². The Labute approximate surface area is 179 Å². The van der Waals surface area contributed by atoms with E-state index in [9.17, 15) is 30.8 Å². The molecule has 0 bridgehead atoms. The first kappa shape index (κ1) is 23.8. The number of hydrogen-bond acceptors (Lipinski definition) is 4. The molecule has 1 aliphatic heterocycles. The lowest BCUT2D eigenvalue weighted by Gasteiger charge is -2.29. The first-order valence-corrected chi connectivity index (χ1v) is 12.0. The Hall–Kier alpha value is -1.84. The molecular formula is C21H27F4NO4S. The van der Waals surface area contributed by atoms with Crippen LogP contribution in [0.25, 0.3) is 0 Å². The quantitative estimate of drug-likeness (QED) is 0.592. The number of sulfone groups is 1. The Bertz CT molecular complexity index is 949. The fourth-order valence-electron chi connectivity index (χ4n) is 4.08. The standard InChI is InChI=1S/C21H27F4NO4S/c1-19(2,3)30-18(27)26-10-4-5-15(26)12-31(28,29)13-20(8-9-20)14-6-7-17(22)16(11-14)21(23,24)25/h6-7,11,15H,4-5,8-10,12-13H2,1-3H3. The van der Waals surface area contributed by atoms with Crippen molar-refractivity contribution < 1.29 is 35.5 Å². The molecule has 0 spiro atoms. The number of halogens is 4. The summed E-state index contributed by atoms with van der Waals surface area (Å²) in [6, 6.07) is 2.16. The molecule has 2 aliphatic rings. The summed E-state index contributed by atoms with van der Waals surface area (Å²) in [6.45, 7) is 5.57. The van der Waals surface area contributed by atoms with E-state index in [2.05, 4.69) is 0 Å². The van der Waals surface area contributed by atoms with Crippen LogP contribution in [0.4, 0.5) is 22.4 Å². The van der Waals surface area contributed by atoms with E-state index in [1.54, 1.807) is 20.8 Å². The van der Waals surface area contributed by atoms with Crippen LogP contribution in [0.15, 0.2) is 18.2 Å². The minimum Gasteiger partial charge on any atom is -0.444 e. The molecule has 2 fully saturated rings. The zero-order valence-corrected chi connectivity index (χ0v) is 18.6. The third-order valence-electron chi connectivity index (χ3n) is 5.69. The van der Waals surface area contributed by atoms with Gasteiger partial charge in [0.15, 0.2) is 9.84 Å².